The minimum absolute atomic E-state index is 0.382. The molecule has 5 rings (SSSR count). The number of benzene rings is 3. The smallest absolute Gasteiger partial charge is 0.376 e. The molecule has 0 radical (unpaired) electrons. The molecule has 1 fully saturated rings. The molecule has 2 aliphatic rings. The molecule has 9 heteroatoms. The fraction of sp³-hybridized carbons (Fsp3) is 0.250. The van der Waals surface area contributed by atoms with E-state index in [-0.39, 0.29) is 5.97 Å². The number of carbonyl (C=O) groups is 2. The van der Waals surface area contributed by atoms with Crippen LogP contribution < -0.4 is 15.8 Å². The van der Waals surface area contributed by atoms with Crippen LogP contribution in [0.25, 0.3) is 10.8 Å². The van der Waals surface area contributed by atoms with Crippen molar-refractivity contribution in [3.05, 3.63) is 70.7 Å². The highest BCUT2D eigenvalue weighted by atomic mass is 79.9. The summed E-state index contributed by atoms with van der Waals surface area (Å²) in [4.78, 5) is 26.0. The maximum Gasteiger partial charge on any atom is 0.376 e. The number of rotatable bonds is 4. The Morgan fingerprint density at radius 1 is 0.879 bits per heavy atom. The predicted molar refractivity (Wildman–Crippen MR) is 132 cm³/mol. The number of nitrogens with one attached hydrogen (secondary N) is 3. The van der Waals surface area contributed by atoms with Crippen LogP contribution in [0, 0.1) is 5.92 Å². The number of hydrogen-bond donors (Lipinski definition) is 3. The summed E-state index contributed by atoms with van der Waals surface area (Å²) < 4.78 is 11.3. The summed E-state index contributed by atoms with van der Waals surface area (Å²) in [7, 11) is 2.74. The van der Waals surface area contributed by atoms with Gasteiger partial charge >= 0.3 is 18.9 Å². The molecule has 0 bridgehead atoms. The number of halogens is 1. The molecule has 7 nitrogen and oxygen atoms in total. The summed E-state index contributed by atoms with van der Waals surface area (Å²) in [6.45, 7) is -0.411. The molecule has 3 aromatic carbocycles. The van der Waals surface area contributed by atoms with E-state index in [1.165, 1.54) is 14.2 Å². The van der Waals surface area contributed by atoms with E-state index in [1.54, 1.807) is 0 Å². The van der Waals surface area contributed by atoms with Gasteiger partial charge in [0.1, 0.15) is 6.04 Å². The number of esters is 2. The van der Waals surface area contributed by atoms with Crippen molar-refractivity contribution in [2.75, 3.05) is 24.7 Å². The van der Waals surface area contributed by atoms with Crippen LogP contribution in [-0.4, -0.2) is 39.2 Å². The van der Waals surface area contributed by atoms with Crippen LogP contribution in [0.1, 0.15) is 11.6 Å². The van der Waals surface area contributed by atoms with Crippen LogP contribution in [0.4, 0.5) is 11.4 Å². The Bertz CT molecular complexity index is 1180. The van der Waals surface area contributed by atoms with Gasteiger partial charge in [0.15, 0.2) is 0 Å². The lowest BCUT2D eigenvalue weighted by Gasteiger charge is -2.33. The zero-order valence-corrected chi connectivity index (χ0v) is 19.8. The largest absolute Gasteiger partial charge is 0.469 e. The van der Waals surface area contributed by atoms with E-state index in [0.717, 1.165) is 32.2 Å². The van der Waals surface area contributed by atoms with Gasteiger partial charge in [-0.05, 0) is 35.2 Å². The summed E-state index contributed by atoms with van der Waals surface area (Å²) in [5, 5.41) is 12.6. The Morgan fingerprint density at radius 2 is 1.48 bits per heavy atom. The number of methoxy groups -OCH3 is 2. The van der Waals surface area contributed by atoms with Crippen molar-refractivity contribution in [2.45, 2.75) is 17.9 Å². The molecule has 0 aromatic heterocycles. The predicted octanol–water partition coefficient (Wildman–Crippen LogP) is 3.97. The third-order valence-corrected chi connectivity index (χ3v) is 7.12. The molecule has 1 saturated heterocycles. The minimum atomic E-state index is -0.720. The topological polar surface area (TPSA) is 88.7 Å². The fourth-order valence-corrected chi connectivity index (χ4v) is 5.40. The summed E-state index contributed by atoms with van der Waals surface area (Å²) in [5.74, 6) is -1.92. The first-order chi connectivity index (χ1) is 16.0. The fourth-order valence-electron chi connectivity index (χ4n) is 5.14. The first kappa shape index (κ1) is 21.8. The number of hydrogen-bond acceptors (Lipinski definition) is 7. The van der Waals surface area contributed by atoms with Crippen molar-refractivity contribution in [2.24, 2.45) is 5.92 Å². The van der Waals surface area contributed by atoms with Crippen LogP contribution >= 0.6 is 15.9 Å². The molecule has 3 aromatic rings. The van der Waals surface area contributed by atoms with E-state index in [9.17, 15) is 9.59 Å². The van der Waals surface area contributed by atoms with Gasteiger partial charge < -0.3 is 19.9 Å². The van der Waals surface area contributed by atoms with Gasteiger partial charge in [-0.15, -0.1) is 0 Å². The normalized spacial score (nSPS) is 23.5. The quantitative estimate of drug-likeness (QED) is 0.363. The molecule has 2 heterocycles. The molecule has 33 heavy (non-hydrogen) atoms. The number of anilines is 2. The van der Waals surface area contributed by atoms with E-state index >= 15 is 0 Å². The maximum absolute atomic E-state index is 13.1. The van der Waals surface area contributed by atoms with E-state index < -0.39 is 36.8 Å². The molecular formula is C24H23BBrN3O4. The Kier molecular flexibility index (Phi) is 5.76. The van der Waals surface area contributed by atoms with Crippen LogP contribution in [0.5, 0.6) is 0 Å². The average Bonchev–Trinajstić information content (AvgIpc) is 3.24. The van der Waals surface area contributed by atoms with Crippen molar-refractivity contribution in [1.82, 2.24) is 5.32 Å². The highest BCUT2D eigenvalue weighted by molar-refractivity contribution is 9.10. The first-order valence-corrected chi connectivity index (χ1v) is 11.5. The second-order valence-electron chi connectivity index (χ2n) is 8.30. The van der Waals surface area contributed by atoms with Crippen molar-refractivity contribution < 1.29 is 19.1 Å². The molecule has 4 atom stereocenters. The number of ether oxygens (including phenoxy) is 2. The molecule has 0 amide bonds. The van der Waals surface area contributed by atoms with Crippen LogP contribution in [0.3, 0.4) is 0 Å². The Morgan fingerprint density at radius 3 is 2.06 bits per heavy atom. The van der Waals surface area contributed by atoms with E-state index in [1.807, 2.05) is 48.5 Å². The highest BCUT2D eigenvalue weighted by Crippen LogP contribution is 2.46. The van der Waals surface area contributed by atoms with Gasteiger partial charge in [-0.1, -0.05) is 52.3 Å². The van der Waals surface area contributed by atoms with Crippen LogP contribution in [-0.2, 0) is 19.1 Å². The molecule has 0 unspecified atom stereocenters. The molecule has 0 spiro atoms. The number of carbonyl (C=O) groups excluding carboxylic acids is 2. The van der Waals surface area contributed by atoms with Gasteiger partial charge in [-0.3, -0.25) is 14.9 Å². The minimum Gasteiger partial charge on any atom is -0.469 e. The standard InChI is InChI=1S/C24H23BBrN3O4/c1-32-23(30)19-20(22(24(31)33-2)27-21(19)14-9-11-15(26)12-10-14)25-28-16-7-3-5-13-6-4-8-17(29-25)18(13)16/h3-12,19-22,27-29H,1-2H3/t19-,20-,21-,22-/m0/s1. The van der Waals surface area contributed by atoms with E-state index in [4.69, 9.17) is 9.47 Å². The Balaban J connectivity index is 1.58. The van der Waals surface area contributed by atoms with Gasteiger partial charge in [-0.25, -0.2) is 0 Å². The summed E-state index contributed by atoms with van der Waals surface area (Å²) in [6.07, 6.45) is 0. The summed E-state index contributed by atoms with van der Waals surface area (Å²) >= 11 is 3.46. The van der Waals surface area contributed by atoms with Gasteiger partial charge in [-0.2, -0.15) is 0 Å². The van der Waals surface area contributed by atoms with Gasteiger partial charge in [0.25, 0.3) is 0 Å². The van der Waals surface area contributed by atoms with Crippen molar-refractivity contribution in [3.8, 4) is 0 Å². The van der Waals surface area contributed by atoms with Gasteiger partial charge in [0, 0.05) is 33.1 Å². The van der Waals surface area contributed by atoms with Crippen LogP contribution in [0.2, 0.25) is 5.82 Å². The van der Waals surface area contributed by atoms with Gasteiger partial charge in [0.2, 0.25) is 0 Å². The van der Waals surface area contributed by atoms with E-state index in [2.05, 4.69) is 43.8 Å². The lowest BCUT2D eigenvalue weighted by atomic mass is 9.53. The Labute approximate surface area is 200 Å². The molecule has 0 saturated carbocycles. The Hall–Kier alpha value is -3.04. The maximum atomic E-state index is 13.1. The van der Waals surface area contributed by atoms with Crippen molar-refractivity contribution >= 4 is 57.0 Å². The lowest BCUT2D eigenvalue weighted by Crippen LogP contribution is -2.50. The third-order valence-electron chi connectivity index (χ3n) is 6.59. The van der Waals surface area contributed by atoms with Crippen molar-refractivity contribution in [1.29, 1.82) is 0 Å². The zero-order chi connectivity index (χ0) is 23.1. The first-order valence-electron chi connectivity index (χ1n) is 10.7. The highest BCUT2D eigenvalue weighted by Gasteiger charge is 2.56. The van der Waals surface area contributed by atoms with E-state index in [0.29, 0.717) is 0 Å². The SMILES string of the molecule is COC(=O)[C@H]1[C@H](B2Nc3cccc4cccc(c34)N2)[C@@H](C(=O)OC)N[C@H]1c1ccc(Br)cc1. The van der Waals surface area contributed by atoms with Gasteiger partial charge in [0.05, 0.1) is 20.1 Å². The molecule has 168 valence electrons. The molecular weight excluding hydrogens is 485 g/mol. The third kappa shape index (κ3) is 3.75. The monoisotopic (exact) mass is 507 g/mol. The van der Waals surface area contributed by atoms with Crippen molar-refractivity contribution in [3.63, 3.8) is 0 Å². The lowest BCUT2D eigenvalue weighted by molar-refractivity contribution is -0.146. The van der Waals surface area contributed by atoms with Crippen LogP contribution in [0.15, 0.2) is 65.1 Å². The zero-order valence-electron chi connectivity index (χ0n) is 18.2. The summed E-state index contributed by atoms with van der Waals surface area (Å²) in [5.41, 5.74) is 2.79. The average molecular weight is 508 g/mol. The molecule has 3 N–H and O–H groups in total. The summed E-state index contributed by atoms with van der Waals surface area (Å²) in [6, 6.07) is 18.7. The molecule has 2 aliphatic heterocycles. The molecule has 0 aliphatic carbocycles. The second-order valence-corrected chi connectivity index (χ2v) is 9.21. The second kappa shape index (κ2) is 8.72.